The second-order valence-corrected chi connectivity index (χ2v) is 2.45. The first-order chi connectivity index (χ1) is 5.36. The van der Waals surface area contributed by atoms with Gasteiger partial charge in [-0.15, -0.1) is 10.2 Å². The largest absolute Gasteiger partial charge is 0.300 e. The highest BCUT2D eigenvalue weighted by molar-refractivity contribution is 5.09. The molecule has 0 aromatic carbocycles. The lowest BCUT2D eigenvalue weighted by Crippen LogP contribution is -2.15. The average molecular weight is 151 g/mol. The lowest BCUT2D eigenvalue weighted by atomic mass is 10.3. The van der Waals surface area contributed by atoms with E-state index in [9.17, 15) is 0 Å². The second kappa shape index (κ2) is 2.43. The fourth-order valence-electron chi connectivity index (χ4n) is 1.07. The molecule has 1 unspecified atom stereocenters. The molecule has 0 amide bonds. The van der Waals surface area contributed by atoms with Crippen molar-refractivity contribution in [2.75, 3.05) is 6.54 Å². The lowest BCUT2D eigenvalue weighted by molar-refractivity contribution is 0.617. The summed E-state index contributed by atoms with van der Waals surface area (Å²) < 4.78 is 0. The number of nitrogens with one attached hydrogen (secondary N) is 1. The van der Waals surface area contributed by atoms with Crippen molar-refractivity contribution in [3.8, 4) is 0 Å². The van der Waals surface area contributed by atoms with E-state index in [1.165, 1.54) is 4.80 Å². The van der Waals surface area contributed by atoms with Gasteiger partial charge in [-0.05, 0) is 5.21 Å². The van der Waals surface area contributed by atoms with Crippen LogP contribution in [0.5, 0.6) is 0 Å². The van der Waals surface area contributed by atoms with Gasteiger partial charge in [0.05, 0.1) is 13.1 Å². The first-order valence-electron chi connectivity index (χ1n) is 3.50. The van der Waals surface area contributed by atoms with Gasteiger partial charge < -0.3 is 5.32 Å². The van der Waals surface area contributed by atoms with Crippen molar-refractivity contribution < 1.29 is 0 Å². The van der Waals surface area contributed by atoms with E-state index >= 15 is 0 Å². The molecule has 1 N–H and O–H groups in total. The lowest BCUT2D eigenvalue weighted by Gasteiger charge is -2.00. The van der Waals surface area contributed by atoms with Crippen LogP contribution in [0, 0.1) is 0 Å². The molecule has 1 aliphatic heterocycles. The van der Waals surface area contributed by atoms with Gasteiger partial charge in [-0.2, -0.15) is 4.80 Å². The number of hydrogen-bond donors (Lipinski definition) is 1. The Morgan fingerprint density at radius 1 is 1.73 bits per heavy atom. The fraction of sp³-hybridized carbons (Fsp3) is 0.500. The molecule has 0 bridgehead atoms. The number of rotatable bonds is 1. The minimum Gasteiger partial charge on any atom is -0.300 e. The van der Waals surface area contributed by atoms with Crippen LogP contribution in [0.4, 0.5) is 0 Å². The molecule has 0 saturated heterocycles. The highest BCUT2D eigenvalue weighted by Gasteiger charge is 2.14. The summed E-state index contributed by atoms with van der Waals surface area (Å²) in [6, 6.07) is 0.156. The minimum absolute atomic E-state index is 0.156. The van der Waals surface area contributed by atoms with Crippen molar-refractivity contribution in [3.63, 3.8) is 0 Å². The van der Waals surface area contributed by atoms with E-state index in [4.69, 9.17) is 0 Å². The Morgan fingerprint density at radius 3 is 3.18 bits per heavy atom. The fourth-order valence-corrected chi connectivity index (χ4v) is 1.07. The van der Waals surface area contributed by atoms with Crippen molar-refractivity contribution in [2.24, 2.45) is 7.05 Å². The third-order valence-corrected chi connectivity index (χ3v) is 1.59. The number of aryl methyl sites for hydroxylation is 1. The van der Waals surface area contributed by atoms with Crippen LogP contribution in [0.2, 0.25) is 0 Å². The van der Waals surface area contributed by atoms with Gasteiger partial charge in [-0.3, -0.25) is 0 Å². The van der Waals surface area contributed by atoms with Gasteiger partial charge in [0.15, 0.2) is 5.82 Å². The maximum Gasteiger partial charge on any atom is 0.195 e. The number of hydrogen-bond acceptors (Lipinski definition) is 4. The van der Waals surface area contributed by atoms with E-state index in [2.05, 4.69) is 26.8 Å². The molecule has 2 rings (SSSR count). The standard InChI is InChI=1S/C6H9N5/c1-11-9-6(8-10-11)5-3-2-4-7-5/h2-3,5,7H,4H2,1H3. The van der Waals surface area contributed by atoms with Gasteiger partial charge in [0.25, 0.3) is 0 Å². The van der Waals surface area contributed by atoms with Crippen LogP contribution in [-0.2, 0) is 7.05 Å². The van der Waals surface area contributed by atoms with Crippen LogP contribution in [-0.4, -0.2) is 26.8 Å². The topological polar surface area (TPSA) is 55.6 Å². The zero-order chi connectivity index (χ0) is 7.68. The molecule has 5 nitrogen and oxygen atoms in total. The number of aromatic nitrogens is 4. The van der Waals surface area contributed by atoms with Crippen LogP contribution in [0.25, 0.3) is 0 Å². The third-order valence-electron chi connectivity index (χ3n) is 1.59. The van der Waals surface area contributed by atoms with Gasteiger partial charge in [0.1, 0.15) is 0 Å². The normalized spacial score (nSPS) is 22.8. The van der Waals surface area contributed by atoms with E-state index < -0.39 is 0 Å². The third kappa shape index (κ3) is 1.14. The maximum absolute atomic E-state index is 4.07. The van der Waals surface area contributed by atoms with Crippen molar-refractivity contribution in [1.82, 2.24) is 25.5 Å². The van der Waals surface area contributed by atoms with Crippen molar-refractivity contribution in [3.05, 3.63) is 18.0 Å². The van der Waals surface area contributed by atoms with E-state index in [1.54, 1.807) is 7.05 Å². The molecule has 1 atom stereocenters. The summed E-state index contributed by atoms with van der Waals surface area (Å²) in [7, 11) is 1.76. The molecule has 2 heterocycles. The zero-order valence-corrected chi connectivity index (χ0v) is 6.23. The van der Waals surface area contributed by atoms with Crippen LogP contribution in [0.3, 0.4) is 0 Å². The van der Waals surface area contributed by atoms with Gasteiger partial charge in [-0.25, -0.2) is 0 Å². The molecule has 0 spiro atoms. The summed E-state index contributed by atoms with van der Waals surface area (Å²) in [6.45, 7) is 0.892. The Bertz CT molecular complexity index is 276. The molecule has 11 heavy (non-hydrogen) atoms. The summed E-state index contributed by atoms with van der Waals surface area (Å²) in [5.74, 6) is 0.737. The Balaban J connectivity index is 2.22. The van der Waals surface area contributed by atoms with Crippen LogP contribution in [0.1, 0.15) is 11.9 Å². The molecular weight excluding hydrogens is 142 g/mol. The highest BCUT2D eigenvalue weighted by Crippen LogP contribution is 2.10. The molecule has 0 radical (unpaired) electrons. The van der Waals surface area contributed by atoms with Crippen molar-refractivity contribution >= 4 is 0 Å². The smallest absolute Gasteiger partial charge is 0.195 e. The minimum atomic E-state index is 0.156. The zero-order valence-electron chi connectivity index (χ0n) is 6.23. The molecule has 5 heteroatoms. The van der Waals surface area contributed by atoms with Crippen molar-refractivity contribution in [2.45, 2.75) is 6.04 Å². The molecule has 0 fully saturated rings. The monoisotopic (exact) mass is 151 g/mol. The molecule has 0 aliphatic carbocycles. The number of tetrazole rings is 1. The molecular formula is C6H9N5. The van der Waals surface area contributed by atoms with Gasteiger partial charge in [0, 0.05) is 6.54 Å². The van der Waals surface area contributed by atoms with Crippen molar-refractivity contribution in [1.29, 1.82) is 0 Å². The van der Waals surface area contributed by atoms with Gasteiger partial charge in [0.2, 0.25) is 0 Å². The molecule has 1 aromatic rings. The summed E-state index contributed by atoms with van der Waals surface area (Å²) in [5.41, 5.74) is 0. The summed E-state index contributed by atoms with van der Waals surface area (Å²) >= 11 is 0. The Kier molecular flexibility index (Phi) is 1.43. The SMILES string of the molecule is Cn1nnc(C2C=CCN2)n1. The van der Waals surface area contributed by atoms with Gasteiger partial charge in [-0.1, -0.05) is 12.2 Å². The average Bonchev–Trinajstić information content (AvgIpc) is 2.55. The van der Waals surface area contributed by atoms with E-state index in [0.717, 1.165) is 12.4 Å². The highest BCUT2D eigenvalue weighted by atomic mass is 15.6. The van der Waals surface area contributed by atoms with Crippen LogP contribution >= 0.6 is 0 Å². The first kappa shape index (κ1) is 6.48. The van der Waals surface area contributed by atoms with Crippen LogP contribution in [0.15, 0.2) is 12.2 Å². The van der Waals surface area contributed by atoms with E-state index in [0.29, 0.717) is 0 Å². The second-order valence-electron chi connectivity index (χ2n) is 2.45. The Labute approximate surface area is 64.1 Å². The molecule has 1 aliphatic rings. The first-order valence-corrected chi connectivity index (χ1v) is 3.50. The summed E-state index contributed by atoms with van der Waals surface area (Å²) in [5, 5.41) is 14.9. The summed E-state index contributed by atoms with van der Waals surface area (Å²) in [4.78, 5) is 1.46. The summed E-state index contributed by atoms with van der Waals surface area (Å²) in [6.07, 6.45) is 4.10. The molecule has 1 aromatic heterocycles. The predicted molar refractivity (Wildman–Crippen MR) is 38.7 cm³/mol. The maximum atomic E-state index is 4.07. The molecule has 58 valence electrons. The van der Waals surface area contributed by atoms with E-state index in [1.807, 2.05) is 6.08 Å². The Hall–Kier alpha value is -1.23. The van der Waals surface area contributed by atoms with Gasteiger partial charge >= 0.3 is 0 Å². The predicted octanol–water partition coefficient (Wildman–Crippen LogP) is -0.589. The van der Waals surface area contributed by atoms with E-state index in [-0.39, 0.29) is 6.04 Å². The van der Waals surface area contributed by atoms with Crippen LogP contribution < -0.4 is 5.32 Å². The number of nitrogens with zero attached hydrogens (tertiary/aromatic N) is 4. The quantitative estimate of drug-likeness (QED) is 0.545. The Morgan fingerprint density at radius 2 is 2.64 bits per heavy atom. The molecule has 0 saturated carbocycles.